The van der Waals surface area contributed by atoms with Crippen molar-refractivity contribution < 1.29 is 14.7 Å². The zero-order valence-corrected chi connectivity index (χ0v) is 16.4. The van der Waals surface area contributed by atoms with Crippen LogP contribution in [0.3, 0.4) is 0 Å². The van der Waals surface area contributed by atoms with Gasteiger partial charge in [0.05, 0.1) is 11.1 Å². The number of aromatic nitrogens is 1. The lowest BCUT2D eigenvalue weighted by molar-refractivity contribution is 0.0696. The highest BCUT2D eigenvalue weighted by Gasteiger charge is 2.14. The molecule has 0 saturated heterocycles. The number of aromatic carboxylic acids is 1. The fourth-order valence-electron chi connectivity index (χ4n) is 3.38. The van der Waals surface area contributed by atoms with Crippen molar-refractivity contribution in [1.82, 2.24) is 4.98 Å². The lowest BCUT2D eigenvalue weighted by Gasteiger charge is -2.13. The van der Waals surface area contributed by atoms with Crippen LogP contribution in [-0.4, -0.2) is 22.0 Å². The SMILES string of the molecule is CCc1ccc(-c2ccccc2)c(C(=O)Nc2ccc3cc(C(=O)O)cnc3c2)c1. The third-order valence-corrected chi connectivity index (χ3v) is 5.01. The van der Waals surface area contributed by atoms with Gasteiger partial charge >= 0.3 is 5.97 Å². The topological polar surface area (TPSA) is 79.3 Å². The second-order valence-corrected chi connectivity index (χ2v) is 6.99. The van der Waals surface area contributed by atoms with Gasteiger partial charge in [-0.3, -0.25) is 9.78 Å². The molecule has 30 heavy (non-hydrogen) atoms. The van der Waals surface area contributed by atoms with Crippen LogP contribution >= 0.6 is 0 Å². The normalized spacial score (nSPS) is 10.7. The zero-order valence-electron chi connectivity index (χ0n) is 16.4. The van der Waals surface area contributed by atoms with Gasteiger partial charge < -0.3 is 10.4 Å². The van der Waals surface area contributed by atoms with Crippen LogP contribution in [0.5, 0.6) is 0 Å². The van der Waals surface area contributed by atoms with Gasteiger partial charge in [-0.1, -0.05) is 55.5 Å². The van der Waals surface area contributed by atoms with Crippen molar-refractivity contribution >= 4 is 28.5 Å². The Hall–Kier alpha value is -3.99. The van der Waals surface area contributed by atoms with Gasteiger partial charge in [0.2, 0.25) is 0 Å². The first-order valence-electron chi connectivity index (χ1n) is 9.68. The number of hydrogen-bond donors (Lipinski definition) is 2. The number of amides is 1. The summed E-state index contributed by atoms with van der Waals surface area (Å²) in [4.78, 5) is 28.5. The fraction of sp³-hybridized carbons (Fsp3) is 0.0800. The van der Waals surface area contributed by atoms with Gasteiger partial charge in [-0.15, -0.1) is 0 Å². The molecule has 0 fully saturated rings. The maximum Gasteiger partial charge on any atom is 0.337 e. The van der Waals surface area contributed by atoms with Gasteiger partial charge in [0.1, 0.15) is 0 Å². The molecule has 0 aliphatic rings. The number of carbonyl (C=O) groups excluding carboxylic acids is 1. The second-order valence-electron chi connectivity index (χ2n) is 6.99. The predicted molar refractivity (Wildman–Crippen MR) is 118 cm³/mol. The minimum atomic E-state index is -1.02. The summed E-state index contributed by atoms with van der Waals surface area (Å²) < 4.78 is 0. The number of fused-ring (bicyclic) bond motifs is 1. The molecule has 0 spiro atoms. The van der Waals surface area contributed by atoms with E-state index in [0.29, 0.717) is 22.2 Å². The first-order valence-corrected chi connectivity index (χ1v) is 9.68. The van der Waals surface area contributed by atoms with Gasteiger partial charge in [0.25, 0.3) is 5.91 Å². The van der Waals surface area contributed by atoms with Gasteiger partial charge in [0.15, 0.2) is 0 Å². The van der Waals surface area contributed by atoms with E-state index in [1.54, 1.807) is 24.3 Å². The lowest BCUT2D eigenvalue weighted by Crippen LogP contribution is -2.13. The number of rotatable bonds is 5. The first-order chi connectivity index (χ1) is 14.5. The molecule has 3 aromatic carbocycles. The van der Waals surface area contributed by atoms with Crippen molar-refractivity contribution in [2.24, 2.45) is 0 Å². The van der Waals surface area contributed by atoms with E-state index in [-0.39, 0.29) is 11.5 Å². The maximum atomic E-state index is 13.1. The van der Waals surface area contributed by atoms with Crippen LogP contribution in [0.15, 0.2) is 79.0 Å². The highest BCUT2D eigenvalue weighted by molar-refractivity contribution is 6.09. The summed E-state index contributed by atoms with van der Waals surface area (Å²) in [5, 5.41) is 12.8. The highest BCUT2D eigenvalue weighted by Crippen LogP contribution is 2.26. The summed E-state index contributed by atoms with van der Waals surface area (Å²) in [6.07, 6.45) is 2.15. The van der Waals surface area contributed by atoms with E-state index in [0.717, 1.165) is 23.1 Å². The molecule has 0 atom stereocenters. The first kappa shape index (κ1) is 19.3. The number of hydrogen-bond acceptors (Lipinski definition) is 3. The number of pyridine rings is 1. The quantitative estimate of drug-likeness (QED) is 0.472. The minimum Gasteiger partial charge on any atom is -0.478 e. The molecule has 148 valence electrons. The zero-order chi connectivity index (χ0) is 21.1. The van der Waals surface area contributed by atoms with Crippen molar-refractivity contribution in [2.45, 2.75) is 13.3 Å². The van der Waals surface area contributed by atoms with Gasteiger partial charge in [0, 0.05) is 22.8 Å². The van der Waals surface area contributed by atoms with Gasteiger partial charge in [-0.2, -0.15) is 0 Å². The van der Waals surface area contributed by atoms with Crippen molar-refractivity contribution in [3.8, 4) is 11.1 Å². The average Bonchev–Trinajstić information content (AvgIpc) is 2.78. The van der Waals surface area contributed by atoms with Crippen molar-refractivity contribution in [2.75, 3.05) is 5.32 Å². The molecular formula is C25H20N2O3. The van der Waals surface area contributed by atoms with Crippen molar-refractivity contribution in [1.29, 1.82) is 0 Å². The van der Waals surface area contributed by atoms with Crippen LogP contribution in [0, 0.1) is 0 Å². The molecule has 5 heteroatoms. The van der Waals surface area contributed by atoms with E-state index in [1.165, 1.54) is 6.20 Å². The Balaban J connectivity index is 1.68. The molecule has 0 saturated carbocycles. The van der Waals surface area contributed by atoms with Gasteiger partial charge in [-0.05, 0) is 47.4 Å². The molecule has 5 nitrogen and oxygen atoms in total. The minimum absolute atomic E-state index is 0.128. The summed E-state index contributed by atoms with van der Waals surface area (Å²) in [6, 6.07) is 22.6. The molecule has 4 rings (SSSR count). The number of benzene rings is 3. The summed E-state index contributed by atoms with van der Waals surface area (Å²) in [7, 11) is 0. The molecular weight excluding hydrogens is 376 g/mol. The average molecular weight is 396 g/mol. The molecule has 0 radical (unpaired) electrons. The van der Waals surface area contributed by atoms with E-state index in [4.69, 9.17) is 5.11 Å². The summed E-state index contributed by atoms with van der Waals surface area (Å²) >= 11 is 0. The molecule has 2 N–H and O–H groups in total. The second kappa shape index (κ2) is 8.17. The number of nitrogens with one attached hydrogen (secondary N) is 1. The van der Waals surface area contributed by atoms with E-state index >= 15 is 0 Å². The molecule has 1 heterocycles. The molecule has 1 aromatic heterocycles. The number of nitrogens with zero attached hydrogens (tertiary/aromatic N) is 1. The van der Waals surface area contributed by atoms with Crippen LogP contribution in [0.1, 0.15) is 33.2 Å². The third kappa shape index (κ3) is 3.91. The summed E-state index contributed by atoms with van der Waals surface area (Å²) in [6.45, 7) is 2.06. The van der Waals surface area contributed by atoms with Crippen molar-refractivity contribution in [3.05, 3.63) is 95.7 Å². The molecule has 0 aliphatic heterocycles. The Kier molecular flexibility index (Phi) is 5.26. The Morgan fingerprint density at radius 2 is 1.77 bits per heavy atom. The number of carboxylic acid groups (broad SMARTS) is 1. The van der Waals surface area contributed by atoms with Crippen molar-refractivity contribution in [3.63, 3.8) is 0 Å². The molecule has 0 unspecified atom stereocenters. The Morgan fingerprint density at radius 3 is 2.50 bits per heavy atom. The van der Waals surface area contributed by atoms with Gasteiger partial charge in [-0.25, -0.2) is 4.79 Å². The highest BCUT2D eigenvalue weighted by atomic mass is 16.4. The smallest absolute Gasteiger partial charge is 0.337 e. The molecule has 0 bridgehead atoms. The largest absolute Gasteiger partial charge is 0.478 e. The predicted octanol–water partition coefficient (Wildman–Crippen LogP) is 5.41. The van der Waals surface area contributed by atoms with E-state index in [9.17, 15) is 9.59 Å². The van der Waals surface area contributed by atoms with E-state index in [1.807, 2.05) is 48.5 Å². The van der Waals surface area contributed by atoms with Crippen LogP contribution in [0.2, 0.25) is 0 Å². The monoisotopic (exact) mass is 396 g/mol. The summed E-state index contributed by atoms with van der Waals surface area (Å²) in [5.74, 6) is -1.23. The Bertz CT molecular complexity index is 1250. The maximum absolute atomic E-state index is 13.1. The number of carbonyl (C=O) groups is 2. The van der Waals surface area contributed by atoms with Crippen LogP contribution < -0.4 is 5.32 Å². The van der Waals surface area contributed by atoms with E-state index in [2.05, 4.69) is 17.2 Å². The molecule has 0 aliphatic carbocycles. The molecule has 4 aromatic rings. The van der Waals surface area contributed by atoms with Crippen LogP contribution in [-0.2, 0) is 6.42 Å². The Labute approximate surface area is 174 Å². The third-order valence-electron chi connectivity index (χ3n) is 5.01. The molecule has 1 amide bonds. The standard InChI is InChI=1S/C25H20N2O3/c1-2-16-8-11-21(17-6-4-3-5-7-17)22(12-16)24(28)27-20-10-9-18-13-19(25(29)30)15-26-23(18)14-20/h3-15H,2H2,1H3,(H,27,28)(H,29,30). The van der Waals surface area contributed by atoms with Crippen LogP contribution in [0.4, 0.5) is 5.69 Å². The Morgan fingerprint density at radius 1 is 0.967 bits per heavy atom. The summed E-state index contributed by atoms with van der Waals surface area (Å²) in [5.41, 5.74) is 4.88. The number of aryl methyl sites for hydroxylation is 1. The van der Waals surface area contributed by atoms with E-state index < -0.39 is 5.97 Å². The number of anilines is 1. The van der Waals surface area contributed by atoms with Crippen LogP contribution in [0.25, 0.3) is 22.0 Å². The fourth-order valence-corrected chi connectivity index (χ4v) is 3.38. The number of carboxylic acids is 1. The lowest BCUT2D eigenvalue weighted by atomic mass is 9.96.